The van der Waals surface area contributed by atoms with Crippen molar-refractivity contribution in [1.29, 1.82) is 0 Å². The van der Waals surface area contributed by atoms with Crippen LogP contribution in [0.3, 0.4) is 0 Å². The Morgan fingerprint density at radius 2 is 1.45 bits per heavy atom. The average Bonchev–Trinajstić information content (AvgIpc) is 3.32. The molecule has 8 heteroatoms. The number of piperazine rings is 1. The van der Waals surface area contributed by atoms with Gasteiger partial charge < -0.3 is 4.90 Å². The maximum Gasteiger partial charge on any atom is 0.262 e. The van der Waals surface area contributed by atoms with Crippen molar-refractivity contribution in [3.8, 4) is 11.8 Å². The molecule has 6 nitrogen and oxygen atoms in total. The number of hydrogen-bond donors (Lipinski definition) is 0. The third kappa shape index (κ3) is 4.02. The molecule has 0 saturated carbocycles. The number of aromatic nitrogens is 1. The maximum absolute atomic E-state index is 12.4. The summed E-state index contributed by atoms with van der Waals surface area (Å²) < 4.78 is 4.54. The molecule has 0 unspecified atom stereocenters. The molecule has 3 aromatic rings. The van der Waals surface area contributed by atoms with Crippen molar-refractivity contribution in [2.45, 2.75) is 0 Å². The highest BCUT2D eigenvalue weighted by Crippen LogP contribution is 2.31. The van der Waals surface area contributed by atoms with E-state index in [-0.39, 0.29) is 30.8 Å². The Morgan fingerprint density at radius 1 is 0.839 bits per heavy atom. The van der Waals surface area contributed by atoms with Crippen molar-refractivity contribution in [2.75, 3.05) is 44.2 Å². The molecule has 0 radical (unpaired) electrons. The van der Waals surface area contributed by atoms with E-state index in [0.29, 0.717) is 17.7 Å². The van der Waals surface area contributed by atoms with Crippen LogP contribution in [0.15, 0.2) is 48.5 Å². The smallest absolute Gasteiger partial charge is 0.262 e. The van der Waals surface area contributed by atoms with E-state index in [4.69, 9.17) is 0 Å². The van der Waals surface area contributed by atoms with Crippen LogP contribution in [0, 0.1) is 11.8 Å². The monoisotopic (exact) mass is 452 g/mol. The molecule has 0 atom stereocenters. The van der Waals surface area contributed by atoms with Crippen molar-refractivity contribution in [1.82, 2.24) is 14.2 Å². The topological polar surface area (TPSA) is 56.8 Å². The highest BCUT2D eigenvalue weighted by atomic mass is 35.5. The first kappa shape index (κ1) is 21.3. The van der Waals surface area contributed by atoms with Crippen molar-refractivity contribution >= 4 is 51.7 Å². The summed E-state index contributed by atoms with van der Waals surface area (Å²) >= 11 is 1.56. The number of carbonyl (C=O) groups excluding carboxylic acids is 2. The molecule has 2 amide bonds. The van der Waals surface area contributed by atoms with Gasteiger partial charge in [-0.2, -0.15) is 4.37 Å². The lowest BCUT2D eigenvalue weighted by Gasteiger charge is -2.34. The summed E-state index contributed by atoms with van der Waals surface area (Å²) in [5.41, 5.74) is 1.99. The lowest BCUT2D eigenvalue weighted by Crippen LogP contribution is -2.46. The standard InChI is InChI=1S/C23H20N4O2S.ClH/c28-21-17-7-1-2-8-18(17)22(29)27(21)12-6-5-11-25-13-15-26(16-14-25)23-19-9-3-4-10-20(19)24-30-23;/h1-4,7-10H,11-16H2;1H. The van der Waals surface area contributed by atoms with Crippen LogP contribution in [0.25, 0.3) is 10.9 Å². The van der Waals surface area contributed by atoms with Gasteiger partial charge in [0.15, 0.2) is 0 Å². The number of anilines is 1. The zero-order chi connectivity index (χ0) is 20.5. The second kappa shape index (κ2) is 9.06. The number of nitrogens with zero attached hydrogens (tertiary/aromatic N) is 4. The van der Waals surface area contributed by atoms with Crippen LogP contribution in [0.2, 0.25) is 0 Å². The van der Waals surface area contributed by atoms with Crippen LogP contribution >= 0.6 is 23.9 Å². The van der Waals surface area contributed by atoms with Crippen molar-refractivity contribution in [2.24, 2.45) is 0 Å². The Hall–Kier alpha value is -2.92. The molecule has 0 aliphatic carbocycles. The van der Waals surface area contributed by atoms with Crippen LogP contribution in [-0.4, -0.2) is 65.3 Å². The molecular formula is C23H21ClN4O2S. The average molecular weight is 453 g/mol. The normalized spacial score (nSPS) is 16.1. The first-order valence-corrected chi connectivity index (χ1v) is 10.7. The predicted molar refractivity (Wildman–Crippen MR) is 125 cm³/mol. The van der Waals surface area contributed by atoms with Gasteiger partial charge in [-0.3, -0.25) is 19.4 Å². The Balaban J connectivity index is 0.00000231. The van der Waals surface area contributed by atoms with Gasteiger partial charge in [0.25, 0.3) is 11.8 Å². The van der Waals surface area contributed by atoms with Gasteiger partial charge in [-0.1, -0.05) is 36.1 Å². The fourth-order valence-corrected chi connectivity index (χ4v) is 4.81. The fourth-order valence-electron chi connectivity index (χ4n) is 3.90. The number of carbonyl (C=O) groups is 2. The van der Waals surface area contributed by atoms with Crippen LogP contribution in [0.1, 0.15) is 20.7 Å². The summed E-state index contributed by atoms with van der Waals surface area (Å²) in [6.45, 7) is 4.50. The molecule has 1 fully saturated rings. The minimum absolute atomic E-state index is 0. The molecular weight excluding hydrogens is 432 g/mol. The van der Waals surface area contributed by atoms with E-state index in [1.807, 2.05) is 6.07 Å². The zero-order valence-corrected chi connectivity index (χ0v) is 18.4. The minimum Gasteiger partial charge on any atom is -0.359 e. The molecule has 1 aromatic heterocycles. The van der Waals surface area contributed by atoms with Crippen LogP contribution in [-0.2, 0) is 0 Å². The van der Waals surface area contributed by atoms with Crippen LogP contribution < -0.4 is 4.90 Å². The van der Waals surface area contributed by atoms with Gasteiger partial charge in [-0.05, 0) is 35.8 Å². The Kier molecular flexibility index (Phi) is 6.23. The third-order valence-corrected chi connectivity index (χ3v) is 6.51. The van der Waals surface area contributed by atoms with Gasteiger partial charge in [0.1, 0.15) is 5.00 Å². The summed E-state index contributed by atoms with van der Waals surface area (Å²) in [6.07, 6.45) is 0. The summed E-state index contributed by atoms with van der Waals surface area (Å²) in [4.78, 5) is 30.6. The van der Waals surface area contributed by atoms with Gasteiger partial charge in [0.2, 0.25) is 0 Å². The second-order valence-electron chi connectivity index (χ2n) is 7.36. The fraction of sp³-hybridized carbons (Fsp3) is 0.261. The van der Waals surface area contributed by atoms with Crippen LogP contribution in [0.4, 0.5) is 5.00 Å². The minimum atomic E-state index is -0.254. The van der Waals surface area contributed by atoms with E-state index in [9.17, 15) is 9.59 Å². The zero-order valence-electron chi connectivity index (χ0n) is 16.8. The van der Waals surface area contributed by atoms with E-state index < -0.39 is 0 Å². The molecule has 0 spiro atoms. The largest absolute Gasteiger partial charge is 0.359 e. The molecule has 0 N–H and O–H groups in total. The first-order valence-electron chi connectivity index (χ1n) is 9.95. The summed E-state index contributed by atoms with van der Waals surface area (Å²) in [7, 11) is 0. The maximum atomic E-state index is 12.4. The Morgan fingerprint density at radius 3 is 2.16 bits per heavy atom. The van der Waals surface area contributed by atoms with Gasteiger partial charge in [0.05, 0.1) is 29.7 Å². The quantitative estimate of drug-likeness (QED) is 0.451. The van der Waals surface area contributed by atoms with Gasteiger partial charge in [0, 0.05) is 31.6 Å². The molecule has 1 saturated heterocycles. The molecule has 158 valence electrons. The first-order chi connectivity index (χ1) is 14.7. The molecule has 31 heavy (non-hydrogen) atoms. The summed E-state index contributed by atoms with van der Waals surface area (Å²) in [5, 5.41) is 2.46. The number of hydrogen-bond acceptors (Lipinski definition) is 6. The number of benzene rings is 2. The molecule has 2 aromatic carbocycles. The highest BCUT2D eigenvalue weighted by molar-refractivity contribution is 7.11. The van der Waals surface area contributed by atoms with E-state index in [1.165, 1.54) is 15.3 Å². The van der Waals surface area contributed by atoms with Crippen molar-refractivity contribution < 1.29 is 9.59 Å². The number of imide groups is 1. The van der Waals surface area contributed by atoms with Gasteiger partial charge in [-0.15, -0.1) is 12.4 Å². The van der Waals surface area contributed by atoms with E-state index in [1.54, 1.807) is 35.8 Å². The molecule has 0 bridgehead atoms. The Labute approximate surface area is 191 Å². The lowest BCUT2D eigenvalue weighted by atomic mass is 10.1. The Bertz CT molecular complexity index is 1160. The lowest BCUT2D eigenvalue weighted by molar-refractivity contribution is 0.0675. The molecule has 2 aliphatic rings. The summed E-state index contributed by atoms with van der Waals surface area (Å²) in [6, 6.07) is 15.2. The highest BCUT2D eigenvalue weighted by Gasteiger charge is 2.34. The number of halogens is 1. The SMILES string of the molecule is Cl.O=C1c2ccccc2C(=O)N1CC#CCN1CCN(c2snc3ccccc23)CC1. The molecule has 3 heterocycles. The number of fused-ring (bicyclic) bond motifs is 2. The van der Waals surface area contributed by atoms with Crippen molar-refractivity contribution in [3.05, 3.63) is 59.7 Å². The summed E-state index contributed by atoms with van der Waals surface area (Å²) in [5.74, 6) is 5.63. The number of rotatable bonds is 3. The van der Waals surface area contributed by atoms with Crippen molar-refractivity contribution in [3.63, 3.8) is 0 Å². The number of amides is 2. The predicted octanol–water partition coefficient (Wildman–Crippen LogP) is 3.14. The molecule has 2 aliphatic heterocycles. The second-order valence-corrected chi connectivity index (χ2v) is 8.12. The van der Waals surface area contributed by atoms with Gasteiger partial charge >= 0.3 is 0 Å². The van der Waals surface area contributed by atoms with E-state index in [0.717, 1.165) is 31.7 Å². The van der Waals surface area contributed by atoms with E-state index >= 15 is 0 Å². The molecule has 5 rings (SSSR count). The van der Waals surface area contributed by atoms with Gasteiger partial charge in [-0.25, -0.2) is 0 Å². The third-order valence-electron chi connectivity index (χ3n) is 5.57. The van der Waals surface area contributed by atoms with E-state index in [2.05, 4.69) is 44.2 Å². The van der Waals surface area contributed by atoms with Crippen LogP contribution in [0.5, 0.6) is 0 Å².